The summed E-state index contributed by atoms with van der Waals surface area (Å²) in [4.78, 5) is 14.0. The molecule has 0 unspecified atom stereocenters. The van der Waals surface area contributed by atoms with E-state index in [-0.39, 0.29) is 30.1 Å². The largest absolute Gasteiger partial charge is 2.00 e. The zero-order valence-corrected chi connectivity index (χ0v) is 13.5. The van der Waals surface area contributed by atoms with Crippen LogP contribution in [0.4, 0.5) is 0 Å². The van der Waals surface area contributed by atoms with Gasteiger partial charge in [0.2, 0.25) is 5.88 Å². The van der Waals surface area contributed by atoms with Gasteiger partial charge in [0, 0.05) is 18.4 Å². The van der Waals surface area contributed by atoms with Gasteiger partial charge in [0.25, 0.3) is 0 Å². The van der Waals surface area contributed by atoms with Crippen LogP contribution in [0, 0.1) is 20.0 Å². The van der Waals surface area contributed by atoms with E-state index in [1.165, 1.54) is 7.11 Å². The van der Waals surface area contributed by atoms with Gasteiger partial charge in [-0.05, 0) is 6.07 Å². The Kier molecular flexibility index (Phi) is 54.3. The molecule has 0 aliphatic carbocycles. The Bertz CT molecular complexity index is 381. The van der Waals surface area contributed by atoms with Crippen LogP contribution in [-0.2, 0) is 54.9 Å². The zero-order chi connectivity index (χ0) is 17.5. The molecule has 0 bridgehead atoms. The molecule has 1 aromatic heterocycles. The van der Waals surface area contributed by atoms with E-state index in [9.17, 15) is 4.79 Å². The molecule has 120 valence electrons. The number of ether oxygens (including phenoxy) is 1. The van der Waals surface area contributed by atoms with Crippen LogP contribution in [0.3, 0.4) is 0 Å². The summed E-state index contributed by atoms with van der Waals surface area (Å²) in [6.45, 7) is 13.6. The summed E-state index contributed by atoms with van der Waals surface area (Å²) in [5, 5.41) is 7.77. The second-order valence-electron chi connectivity index (χ2n) is 2.42. The first-order valence-electron chi connectivity index (χ1n) is 4.93. The van der Waals surface area contributed by atoms with Crippen LogP contribution in [0.25, 0.3) is 0 Å². The van der Waals surface area contributed by atoms with Crippen LogP contribution in [0.1, 0.15) is 5.69 Å². The quantitative estimate of drug-likeness (QED) is 0.352. The molecule has 0 aliphatic heterocycles. The van der Waals surface area contributed by atoms with E-state index < -0.39 is 0 Å². The van der Waals surface area contributed by atoms with Crippen LogP contribution in [0.15, 0.2) is 18.2 Å². The summed E-state index contributed by atoms with van der Waals surface area (Å²) in [5.41, 5.74) is 0.680. The molecule has 0 saturated carbocycles. The van der Waals surface area contributed by atoms with Gasteiger partial charge in [0.15, 0.2) is 0 Å². The maximum Gasteiger partial charge on any atom is 2.00 e. The van der Waals surface area contributed by atoms with Crippen LogP contribution >= 0.6 is 0 Å². The van der Waals surface area contributed by atoms with E-state index in [4.69, 9.17) is 23.8 Å². The first-order valence-corrected chi connectivity index (χ1v) is 5.51. The van der Waals surface area contributed by atoms with Crippen molar-refractivity contribution in [2.45, 2.75) is 6.42 Å². The molecular formula is C13H13FeNO6S. The van der Waals surface area contributed by atoms with Gasteiger partial charge in [-0.2, -0.15) is 5.75 Å². The summed E-state index contributed by atoms with van der Waals surface area (Å²) in [6, 6.07) is 5.28. The third kappa shape index (κ3) is 27.1. The molecule has 1 aromatic rings. The Morgan fingerprint density at radius 2 is 1.73 bits per heavy atom. The Labute approximate surface area is 145 Å². The number of rotatable bonds is 4. The van der Waals surface area contributed by atoms with Gasteiger partial charge < -0.3 is 27.3 Å². The molecule has 0 aromatic carbocycles. The topological polar surface area (TPSA) is 119 Å². The molecule has 0 fully saturated rings. The Balaban J connectivity index is -0.0000000746. The molecule has 1 N–H and O–H groups in total. The number of pyridine rings is 1. The van der Waals surface area contributed by atoms with Crippen molar-refractivity contribution in [1.29, 1.82) is 0 Å². The Morgan fingerprint density at radius 3 is 2.05 bits per heavy atom. The maximum absolute atomic E-state index is 9.97. The van der Waals surface area contributed by atoms with Crippen molar-refractivity contribution in [3.05, 3.63) is 43.8 Å². The average Bonchev–Trinajstić information content (AvgIpc) is 2.61. The molecule has 0 saturated heterocycles. The van der Waals surface area contributed by atoms with Crippen molar-refractivity contribution in [2.24, 2.45) is 0 Å². The molecule has 7 nitrogen and oxygen atoms in total. The Hall–Kier alpha value is -1.33. The molecule has 0 aliphatic rings. The number of hydrogen-bond donors (Lipinski definition) is 1. The number of aromatic nitrogens is 1. The van der Waals surface area contributed by atoms with E-state index in [2.05, 4.69) is 37.6 Å². The Morgan fingerprint density at radius 1 is 1.27 bits per heavy atom. The van der Waals surface area contributed by atoms with Crippen LogP contribution in [-0.4, -0.2) is 35.8 Å². The van der Waals surface area contributed by atoms with Crippen LogP contribution in [0.2, 0.25) is 0 Å². The van der Waals surface area contributed by atoms with E-state index in [1.54, 1.807) is 24.5 Å². The van der Waals surface area contributed by atoms with E-state index in [0.717, 1.165) is 0 Å². The van der Waals surface area contributed by atoms with Crippen molar-refractivity contribution >= 4 is 18.9 Å². The molecule has 0 atom stereocenters. The first-order chi connectivity index (χ1) is 10.3. The maximum atomic E-state index is 9.97. The van der Waals surface area contributed by atoms with Gasteiger partial charge in [-0.3, -0.25) is 6.29 Å². The average molecular weight is 367 g/mol. The van der Waals surface area contributed by atoms with Crippen LogP contribution in [0.5, 0.6) is 5.88 Å². The van der Waals surface area contributed by atoms with Crippen molar-refractivity contribution < 1.29 is 45.7 Å². The van der Waals surface area contributed by atoms with Gasteiger partial charge in [-0.25, -0.2) is 4.98 Å². The minimum absolute atomic E-state index is 0. The molecule has 9 heteroatoms. The van der Waals surface area contributed by atoms with E-state index in [1.807, 2.05) is 0 Å². The summed E-state index contributed by atoms with van der Waals surface area (Å²) < 4.78 is 27.4. The van der Waals surface area contributed by atoms with Crippen LogP contribution < -0.4 is 4.74 Å². The van der Waals surface area contributed by atoms with E-state index >= 15 is 0 Å². The molecule has 1 heterocycles. The zero-order valence-electron chi connectivity index (χ0n) is 11.6. The fourth-order valence-electron chi connectivity index (χ4n) is 0.744. The fourth-order valence-corrected chi connectivity index (χ4v) is 0.744. The van der Waals surface area contributed by atoms with Gasteiger partial charge in [0.05, 0.1) is 7.11 Å². The fraction of sp³-hybridized carbons (Fsp3) is 0.308. The van der Waals surface area contributed by atoms with Crippen molar-refractivity contribution in [3.63, 3.8) is 0 Å². The number of aliphatic hydroxyl groups is 1. The van der Waals surface area contributed by atoms with Crippen molar-refractivity contribution in [2.75, 3.05) is 19.5 Å². The van der Waals surface area contributed by atoms with Crippen molar-refractivity contribution in [1.82, 2.24) is 4.98 Å². The predicted octanol–water partition coefficient (Wildman–Crippen LogP) is 0.153. The normalized spacial score (nSPS) is 6.23. The van der Waals surface area contributed by atoms with Gasteiger partial charge in [0.1, 0.15) is 0 Å². The first kappa shape index (κ1) is 32.6. The minimum atomic E-state index is 0. The second-order valence-corrected chi connectivity index (χ2v) is 2.83. The molecule has 22 heavy (non-hydrogen) atoms. The second kappa shape index (κ2) is 36.7. The standard InChI is InChI=1S/C8H8NO2.C2H6OS.3CO.Fe/c1-11-8-4-2-3-7(9-8)5-6-10;3-1-2-4;3*1-2;/h2-4H,5H2,1H3;3-4H,1-2H2;;;;/q-1;;;;;+2/p-1. The summed E-state index contributed by atoms with van der Waals surface area (Å²) in [6.07, 6.45) is 1.99. The predicted molar refractivity (Wildman–Crippen MR) is 71.3 cm³/mol. The molecule has 0 spiro atoms. The number of nitrogens with zero attached hydrogens (tertiary/aromatic N) is 1. The number of aliphatic hydroxyl groups excluding tert-OH is 1. The number of methoxy groups -OCH3 is 1. The molecule has 0 amide bonds. The minimum Gasteiger partial charge on any atom is 2.00 e. The molecular weight excluding hydrogens is 354 g/mol. The third-order valence-electron chi connectivity index (χ3n) is 1.33. The summed E-state index contributed by atoms with van der Waals surface area (Å²) in [5.74, 6) is 0.984. The summed E-state index contributed by atoms with van der Waals surface area (Å²) in [7, 11) is 1.54. The molecule has 1 rings (SSSR count). The molecule has 0 radical (unpaired) electrons. The third-order valence-corrected chi connectivity index (χ3v) is 1.52. The SMILES string of the molecule is COc1cccc(C[C-]=O)n1.OCC[S-].[C-]#[O+].[C-]#[O+].[C-]#[O+].[Fe+2]. The van der Waals surface area contributed by atoms with Gasteiger partial charge >= 0.3 is 51.0 Å². The van der Waals surface area contributed by atoms with Gasteiger partial charge in [-0.15, -0.1) is 6.42 Å². The number of carbonyl (C=O) groups excluding carboxylic acids is 1. The van der Waals surface area contributed by atoms with Gasteiger partial charge in [-0.1, -0.05) is 6.07 Å². The number of hydrogen-bond acceptors (Lipinski definition) is 5. The van der Waals surface area contributed by atoms with Crippen molar-refractivity contribution in [3.8, 4) is 5.88 Å². The summed E-state index contributed by atoms with van der Waals surface area (Å²) >= 11 is 4.30. The smallest absolute Gasteiger partial charge is 2.00 e. The van der Waals surface area contributed by atoms with E-state index in [0.29, 0.717) is 17.3 Å². The monoisotopic (exact) mass is 367 g/mol.